The van der Waals surface area contributed by atoms with Crippen LogP contribution in [0.1, 0.15) is 43.2 Å². The lowest BCUT2D eigenvalue weighted by Crippen LogP contribution is -2.44. The largest absolute Gasteiger partial charge is 0.416 e. The van der Waals surface area contributed by atoms with Crippen molar-refractivity contribution in [2.75, 3.05) is 31.6 Å². The number of fused-ring (bicyclic) bond motifs is 1. The van der Waals surface area contributed by atoms with Crippen LogP contribution in [-0.2, 0) is 20.5 Å². The van der Waals surface area contributed by atoms with Crippen LogP contribution in [0.4, 0.5) is 18.9 Å². The molecule has 0 radical (unpaired) electrons. The van der Waals surface area contributed by atoms with Crippen molar-refractivity contribution in [2.24, 2.45) is 29.1 Å². The lowest BCUT2D eigenvalue weighted by atomic mass is 9.76. The molecule has 32 heavy (non-hydrogen) atoms. The molecule has 2 aliphatic heterocycles. The number of nitrogens with zero attached hydrogens (tertiary/aromatic N) is 1. The third-order valence-corrected chi connectivity index (χ3v) is 8.26. The Labute approximate surface area is 185 Å². The first-order chi connectivity index (χ1) is 15.2. The van der Waals surface area contributed by atoms with Crippen LogP contribution in [0.25, 0.3) is 0 Å². The number of likely N-dealkylation sites (tertiary alicyclic amines) is 1. The molecule has 1 aromatic rings. The number of halogens is 3. The molecule has 2 saturated heterocycles. The topological polar surface area (TPSA) is 58.6 Å². The zero-order valence-electron chi connectivity index (χ0n) is 18.2. The van der Waals surface area contributed by atoms with E-state index in [1.165, 1.54) is 6.07 Å². The van der Waals surface area contributed by atoms with Gasteiger partial charge in [0.2, 0.25) is 11.8 Å². The summed E-state index contributed by atoms with van der Waals surface area (Å²) in [5.41, 5.74) is 0.221. The normalized spacial score (nSPS) is 30.9. The van der Waals surface area contributed by atoms with Crippen molar-refractivity contribution in [1.82, 2.24) is 4.90 Å². The molecule has 1 spiro atoms. The Morgan fingerprint density at radius 3 is 2.44 bits per heavy atom. The van der Waals surface area contributed by atoms with Gasteiger partial charge in [0.05, 0.1) is 18.8 Å². The maximum Gasteiger partial charge on any atom is 0.416 e. The van der Waals surface area contributed by atoms with Gasteiger partial charge in [0, 0.05) is 30.6 Å². The van der Waals surface area contributed by atoms with E-state index in [0.29, 0.717) is 36.3 Å². The van der Waals surface area contributed by atoms with Crippen LogP contribution < -0.4 is 5.32 Å². The minimum atomic E-state index is -4.40. The van der Waals surface area contributed by atoms with E-state index in [1.54, 1.807) is 6.92 Å². The number of rotatable bonds is 3. The number of hydrogen-bond acceptors (Lipinski definition) is 3. The van der Waals surface area contributed by atoms with Gasteiger partial charge in [-0.05, 0) is 80.0 Å². The van der Waals surface area contributed by atoms with Crippen LogP contribution in [0.5, 0.6) is 0 Å². The van der Waals surface area contributed by atoms with Gasteiger partial charge in [-0.15, -0.1) is 0 Å². The summed E-state index contributed by atoms with van der Waals surface area (Å²) in [4.78, 5) is 27.7. The van der Waals surface area contributed by atoms with Crippen LogP contribution in [-0.4, -0.2) is 43.0 Å². The van der Waals surface area contributed by atoms with Crippen LogP contribution in [0.15, 0.2) is 18.2 Å². The van der Waals surface area contributed by atoms with E-state index in [9.17, 15) is 22.8 Å². The number of piperidine rings is 1. The van der Waals surface area contributed by atoms with E-state index in [4.69, 9.17) is 4.74 Å². The van der Waals surface area contributed by atoms with Crippen molar-refractivity contribution < 1.29 is 27.5 Å². The number of nitrogens with one attached hydrogen (secondary N) is 1. The predicted molar refractivity (Wildman–Crippen MR) is 112 cm³/mol. The molecule has 5 nitrogen and oxygen atoms in total. The van der Waals surface area contributed by atoms with Gasteiger partial charge in [0.1, 0.15) is 0 Å². The maximum absolute atomic E-state index is 12.9. The van der Waals surface area contributed by atoms with Crippen LogP contribution in [0, 0.1) is 36.0 Å². The molecule has 1 N–H and O–H groups in total. The summed E-state index contributed by atoms with van der Waals surface area (Å²) in [6, 6.07) is 3.41. The van der Waals surface area contributed by atoms with Gasteiger partial charge in [-0.3, -0.25) is 9.59 Å². The molecule has 4 aliphatic rings. The van der Waals surface area contributed by atoms with Gasteiger partial charge in [0.15, 0.2) is 0 Å². The first-order valence-corrected chi connectivity index (χ1v) is 11.5. The minimum absolute atomic E-state index is 0.0938. The smallest absolute Gasteiger partial charge is 0.381 e. The quantitative estimate of drug-likeness (QED) is 0.749. The summed E-state index contributed by atoms with van der Waals surface area (Å²) in [6.45, 7) is 4.51. The van der Waals surface area contributed by atoms with Crippen molar-refractivity contribution in [3.63, 3.8) is 0 Å². The van der Waals surface area contributed by atoms with Crippen molar-refractivity contribution in [2.45, 2.75) is 45.2 Å². The Morgan fingerprint density at radius 1 is 1.12 bits per heavy atom. The zero-order valence-corrected chi connectivity index (χ0v) is 18.2. The average molecular weight is 451 g/mol. The van der Waals surface area contributed by atoms with Crippen molar-refractivity contribution >= 4 is 17.5 Å². The predicted octanol–water partition coefficient (Wildman–Crippen LogP) is 4.25. The fraction of sp³-hybridized carbons (Fsp3) is 0.667. The number of carbonyl (C=O) groups is 2. The number of ether oxygens (including phenoxy) is 1. The van der Waals surface area contributed by atoms with Gasteiger partial charge >= 0.3 is 6.18 Å². The van der Waals surface area contributed by atoms with E-state index in [1.807, 2.05) is 4.90 Å². The Morgan fingerprint density at radius 2 is 1.81 bits per heavy atom. The molecule has 5 rings (SSSR count). The summed E-state index contributed by atoms with van der Waals surface area (Å²) in [5.74, 6) is 1.03. The number of amides is 2. The zero-order chi connectivity index (χ0) is 22.7. The number of anilines is 1. The Hall–Kier alpha value is -2.09. The third-order valence-electron chi connectivity index (χ3n) is 8.26. The molecule has 2 amide bonds. The number of aryl methyl sites for hydroxylation is 1. The highest BCUT2D eigenvalue weighted by molar-refractivity contribution is 5.93. The second kappa shape index (κ2) is 7.75. The second-order valence-electron chi connectivity index (χ2n) is 10.2. The van der Waals surface area contributed by atoms with Gasteiger partial charge in [0.25, 0.3) is 0 Å². The van der Waals surface area contributed by atoms with E-state index >= 15 is 0 Å². The summed E-state index contributed by atoms with van der Waals surface area (Å²) in [6.07, 6.45) is -0.0392. The monoisotopic (exact) mass is 450 g/mol. The molecule has 0 bridgehead atoms. The maximum atomic E-state index is 12.9. The molecule has 2 aliphatic carbocycles. The highest BCUT2D eigenvalue weighted by Gasteiger charge is 2.59. The number of hydrogen-bond donors (Lipinski definition) is 1. The molecule has 174 valence electrons. The molecule has 0 unspecified atom stereocenters. The summed E-state index contributed by atoms with van der Waals surface area (Å²) in [7, 11) is 0. The average Bonchev–Trinajstić information content (AvgIpc) is 3.06. The van der Waals surface area contributed by atoms with E-state index < -0.39 is 11.7 Å². The molecule has 4 fully saturated rings. The molecule has 3 atom stereocenters. The van der Waals surface area contributed by atoms with Crippen LogP contribution >= 0.6 is 0 Å². The molecular weight excluding hydrogens is 421 g/mol. The summed E-state index contributed by atoms with van der Waals surface area (Å²) in [5, 5.41) is 2.84. The van der Waals surface area contributed by atoms with Crippen LogP contribution in [0.2, 0.25) is 0 Å². The van der Waals surface area contributed by atoms with Crippen molar-refractivity contribution in [1.29, 1.82) is 0 Å². The number of carbonyl (C=O) groups excluding carboxylic acids is 2. The van der Waals surface area contributed by atoms with Gasteiger partial charge in [-0.2, -0.15) is 13.2 Å². The SMILES string of the molecule is Cc1cc(C(F)(F)F)ccc1NC(=O)[C@@H]1CCC2(CCN(C(=O)C3[C@@H]4COC[C@@H]34)CC2)C1. The highest BCUT2D eigenvalue weighted by Crippen LogP contribution is 2.53. The lowest BCUT2D eigenvalue weighted by molar-refractivity contribution is -0.138. The van der Waals surface area contributed by atoms with Gasteiger partial charge in [-0.25, -0.2) is 0 Å². The molecular formula is C24H29F3N2O3. The van der Waals surface area contributed by atoms with Crippen LogP contribution in [0.3, 0.4) is 0 Å². The fourth-order valence-corrected chi connectivity index (χ4v) is 6.12. The fourth-order valence-electron chi connectivity index (χ4n) is 6.12. The van der Waals surface area contributed by atoms with E-state index in [-0.39, 0.29) is 29.1 Å². The Bertz CT molecular complexity index is 914. The molecule has 2 heterocycles. The first-order valence-electron chi connectivity index (χ1n) is 11.5. The molecule has 1 aromatic carbocycles. The number of alkyl halides is 3. The van der Waals surface area contributed by atoms with E-state index in [0.717, 1.165) is 57.3 Å². The lowest BCUT2D eigenvalue weighted by Gasteiger charge is -2.40. The first kappa shape index (κ1) is 21.7. The van der Waals surface area contributed by atoms with Gasteiger partial charge < -0.3 is 15.0 Å². The highest BCUT2D eigenvalue weighted by atomic mass is 19.4. The summed E-state index contributed by atoms with van der Waals surface area (Å²) < 4.78 is 44.0. The molecule has 8 heteroatoms. The standard InChI is InChI=1S/C24H29F3N2O3/c1-14-10-16(24(25,26)27)2-3-19(14)28-21(30)15-4-5-23(11-15)6-8-29(9-7-23)22(31)20-17-12-32-13-18(17)20/h2-3,10,15,17-18,20H,4-9,11-13H2,1H3,(H,28,30)/t15-,17-,18-/m1/s1. The van der Waals surface area contributed by atoms with Crippen molar-refractivity contribution in [3.05, 3.63) is 29.3 Å². The third kappa shape index (κ3) is 3.91. The van der Waals surface area contributed by atoms with Gasteiger partial charge in [-0.1, -0.05) is 0 Å². The second-order valence-corrected chi connectivity index (χ2v) is 10.2. The van der Waals surface area contributed by atoms with E-state index in [2.05, 4.69) is 5.32 Å². The molecule has 0 aromatic heterocycles. The Balaban J connectivity index is 1.15. The summed E-state index contributed by atoms with van der Waals surface area (Å²) >= 11 is 0. The van der Waals surface area contributed by atoms with Crippen molar-refractivity contribution in [3.8, 4) is 0 Å². The number of benzene rings is 1. The molecule has 2 saturated carbocycles. The Kier molecular flexibility index (Phi) is 5.26. The minimum Gasteiger partial charge on any atom is -0.381 e.